The molecule has 0 saturated carbocycles. The number of hydrogen-bond acceptors (Lipinski definition) is 7. The van der Waals surface area contributed by atoms with Crippen molar-refractivity contribution in [3.05, 3.63) is 61.1 Å². The van der Waals surface area contributed by atoms with Crippen molar-refractivity contribution < 1.29 is 4.74 Å². The van der Waals surface area contributed by atoms with Crippen LogP contribution in [0.5, 0.6) is 0 Å². The second kappa shape index (κ2) is 7.53. The Bertz CT molecular complexity index is 1080. The summed E-state index contributed by atoms with van der Waals surface area (Å²) in [6.45, 7) is 3.28. The van der Waals surface area contributed by atoms with Crippen LogP contribution in [-0.4, -0.2) is 41.3 Å². The molecule has 0 amide bonds. The first-order chi connectivity index (χ1) is 13.8. The zero-order chi connectivity index (χ0) is 18.8. The Morgan fingerprint density at radius 3 is 2.75 bits per heavy atom. The Morgan fingerprint density at radius 1 is 1.04 bits per heavy atom. The van der Waals surface area contributed by atoms with E-state index in [2.05, 4.69) is 38.4 Å². The van der Waals surface area contributed by atoms with Gasteiger partial charge in [-0.2, -0.15) is 0 Å². The van der Waals surface area contributed by atoms with Crippen molar-refractivity contribution in [3.8, 4) is 10.4 Å². The quantitative estimate of drug-likeness (QED) is 0.560. The van der Waals surface area contributed by atoms with Crippen LogP contribution >= 0.6 is 11.3 Å². The van der Waals surface area contributed by atoms with Crippen LogP contribution < -0.4 is 10.2 Å². The first-order valence-electron chi connectivity index (χ1n) is 9.22. The van der Waals surface area contributed by atoms with Crippen molar-refractivity contribution in [2.45, 2.75) is 0 Å². The summed E-state index contributed by atoms with van der Waals surface area (Å²) in [7, 11) is 0. The molecule has 1 aliphatic rings. The average molecular weight is 389 g/mol. The molecule has 1 fully saturated rings. The van der Waals surface area contributed by atoms with Gasteiger partial charge < -0.3 is 15.0 Å². The van der Waals surface area contributed by atoms with Gasteiger partial charge in [0.1, 0.15) is 16.5 Å². The molecule has 1 aliphatic heterocycles. The van der Waals surface area contributed by atoms with E-state index in [-0.39, 0.29) is 0 Å². The van der Waals surface area contributed by atoms with Crippen LogP contribution in [0, 0.1) is 0 Å². The maximum Gasteiger partial charge on any atom is 0.132 e. The van der Waals surface area contributed by atoms with E-state index in [0.29, 0.717) is 0 Å². The minimum absolute atomic E-state index is 0.757. The number of nitrogens with one attached hydrogen (secondary N) is 1. The molecule has 0 atom stereocenters. The molecule has 1 N–H and O–H groups in total. The second-order valence-corrected chi connectivity index (χ2v) is 7.60. The third kappa shape index (κ3) is 3.54. The SMILES string of the molecule is c1cncc(-c2cc3ccc(Nc4ccc(N5CCOCC5)nc4)nc3s2)c1. The van der Waals surface area contributed by atoms with E-state index in [1.54, 1.807) is 17.5 Å². The predicted molar refractivity (Wildman–Crippen MR) is 113 cm³/mol. The largest absolute Gasteiger partial charge is 0.378 e. The lowest BCUT2D eigenvalue weighted by atomic mass is 10.2. The van der Waals surface area contributed by atoms with Gasteiger partial charge in [0.05, 0.1) is 25.1 Å². The lowest BCUT2D eigenvalue weighted by molar-refractivity contribution is 0.122. The minimum Gasteiger partial charge on any atom is -0.378 e. The van der Waals surface area contributed by atoms with Crippen molar-refractivity contribution >= 4 is 38.9 Å². The topological polar surface area (TPSA) is 63.2 Å². The lowest BCUT2D eigenvalue weighted by Gasteiger charge is -2.27. The molecular formula is C21H19N5OS. The van der Waals surface area contributed by atoms with Crippen LogP contribution in [0.25, 0.3) is 20.7 Å². The van der Waals surface area contributed by atoms with E-state index in [4.69, 9.17) is 9.72 Å². The normalized spacial score (nSPS) is 14.4. The zero-order valence-electron chi connectivity index (χ0n) is 15.2. The van der Waals surface area contributed by atoms with Gasteiger partial charge in [-0.15, -0.1) is 11.3 Å². The van der Waals surface area contributed by atoms with E-state index in [1.165, 1.54) is 4.88 Å². The molecule has 0 spiro atoms. The predicted octanol–water partition coefficient (Wildman–Crippen LogP) is 4.33. The number of pyridine rings is 3. The van der Waals surface area contributed by atoms with Gasteiger partial charge >= 0.3 is 0 Å². The number of rotatable bonds is 4. The first kappa shape index (κ1) is 17.1. The molecule has 0 aromatic carbocycles. The molecule has 5 rings (SSSR count). The van der Waals surface area contributed by atoms with Gasteiger partial charge in [-0.3, -0.25) is 4.98 Å². The van der Waals surface area contributed by atoms with Crippen molar-refractivity contribution in [1.82, 2.24) is 15.0 Å². The van der Waals surface area contributed by atoms with E-state index in [1.807, 2.05) is 36.7 Å². The fourth-order valence-electron chi connectivity index (χ4n) is 3.23. The van der Waals surface area contributed by atoms with Gasteiger partial charge in [0.25, 0.3) is 0 Å². The van der Waals surface area contributed by atoms with Crippen LogP contribution in [0.3, 0.4) is 0 Å². The Balaban J connectivity index is 1.35. The van der Waals surface area contributed by atoms with Gasteiger partial charge in [0, 0.05) is 41.3 Å². The molecule has 140 valence electrons. The monoisotopic (exact) mass is 389 g/mol. The maximum atomic E-state index is 5.40. The molecule has 0 radical (unpaired) electrons. The highest BCUT2D eigenvalue weighted by molar-refractivity contribution is 7.21. The third-order valence-electron chi connectivity index (χ3n) is 4.68. The fourth-order valence-corrected chi connectivity index (χ4v) is 4.25. The number of aromatic nitrogens is 3. The number of morpholine rings is 1. The average Bonchev–Trinajstić information content (AvgIpc) is 3.19. The molecule has 6 nitrogen and oxygen atoms in total. The highest BCUT2D eigenvalue weighted by atomic mass is 32.1. The van der Waals surface area contributed by atoms with E-state index in [9.17, 15) is 0 Å². The van der Waals surface area contributed by atoms with Crippen molar-refractivity contribution in [2.24, 2.45) is 0 Å². The van der Waals surface area contributed by atoms with Crippen LogP contribution in [0.15, 0.2) is 61.1 Å². The summed E-state index contributed by atoms with van der Waals surface area (Å²) >= 11 is 1.67. The summed E-state index contributed by atoms with van der Waals surface area (Å²) in [5.41, 5.74) is 2.04. The summed E-state index contributed by atoms with van der Waals surface area (Å²) in [5.74, 6) is 1.80. The summed E-state index contributed by atoms with van der Waals surface area (Å²) in [4.78, 5) is 18.0. The first-order valence-corrected chi connectivity index (χ1v) is 10.0. The van der Waals surface area contributed by atoms with Gasteiger partial charge in [-0.1, -0.05) is 6.07 Å². The molecule has 4 aromatic rings. The molecule has 1 saturated heterocycles. The Morgan fingerprint density at radius 2 is 1.96 bits per heavy atom. The maximum absolute atomic E-state index is 5.40. The number of thiophene rings is 1. The van der Waals surface area contributed by atoms with Crippen molar-refractivity contribution in [3.63, 3.8) is 0 Å². The molecular weight excluding hydrogens is 370 g/mol. The Kier molecular flexibility index (Phi) is 4.60. The van der Waals surface area contributed by atoms with E-state index < -0.39 is 0 Å². The summed E-state index contributed by atoms with van der Waals surface area (Å²) < 4.78 is 5.40. The summed E-state index contributed by atoms with van der Waals surface area (Å²) in [6.07, 6.45) is 5.52. The highest BCUT2D eigenvalue weighted by Gasteiger charge is 2.12. The fraction of sp³-hybridized carbons (Fsp3) is 0.190. The van der Waals surface area contributed by atoms with Crippen LogP contribution in [0.2, 0.25) is 0 Å². The summed E-state index contributed by atoms with van der Waals surface area (Å²) in [6, 6.07) is 14.4. The van der Waals surface area contributed by atoms with Gasteiger partial charge in [0.15, 0.2) is 0 Å². The summed E-state index contributed by atoms with van der Waals surface area (Å²) in [5, 5.41) is 4.49. The number of ether oxygens (including phenoxy) is 1. The molecule has 7 heteroatoms. The molecule has 0 bridgehead atoms. The van der Waals surface area contributed by atoms with Crippen LogP contribution in [0.1, 0.15) is 0 Å². The number of anilines is 3. The number of fused-ring (bicyclic) bond motifs is 1. The van der Waals surface area contributed by atoms with Crippen LogP contribution in [-0.2, 0) is 4.74 Å². The lowest BCUT2D eigenvalue weighted by Crippen LogP contribution is -2.36. The van der Waals surface area contributed by atoms with Crippen LogP contribution in [0.4, 0.5) is 17.3 Å². The van der Waals surface area contributed by atoms with Gasteiger partial charge in [-0.25, -0.2) is 9.97 Å². The van der Waals surface area contributed by atoms with E-state index >= 15 is 0 Å². The van der Waals surface area contributed by atoms with Gasteiger partial charge in [0.2, 0.25) is 0 Å². The Hall–Kier alpha value is -3.03. The minimum atomic E-state index is 0.757. The molecule has 4 aromatic heterocycles. The second-order valence-electron chi connectivity index (χ2n) is 6.57. The van der Waals surface area contributed by atoms with Crippen molar-refractivity contribution in [2.75, 3.05) is 36.5 Å². The van der Waals surface area contributed by atoms with Gasteiger partial charge in [-0.05, 0) is 36.4 Å². The molecule has 5 heterocycles. The zero-order valence-corrected chi connectivity index (χ0v) is 16.0. The molecule has 28 heavy (non-hydrogen) atoms. The third-order valence-corrected chi connectivity index (χ3v) is 5.78. The van der Waals surface area contributed by atoms with E-state index in [0.717, 1.165) is 59.4 Å². The number of hydrogen-bond donors (Lipinski definition) is 1. The highest BCUT2D eigenvalue weighted by Crippen LogP contribution is 2.33. The Labute approximate surface area is 166 Å². The smallest absolute Gasteiger partial charge is 0.132 e. The standard InChI is InChI=1S/C21H19N5OS/c1-2-16(13-22-7-1)18-12-15-3-5-19(25-21(15)28-18)24-17-4-6-20(23-14-17)26-8-10-27-11-9-26/h1-7,12-14H,8-11H2,(H,24,25). The van der Waals surface area contributed by atoms with Crippen molar-refractivity contribution in [1.29, 1.82) is 0 Å². The molecule has 0 aliphatic carbocycles. The molecule has 0 unspecified atom stereocenters. The number of nitrogens with zero attached hydrogens (tertiary/aromatic N) is 4.